The van der Waals surface area contributed by atoms with E-state index in [0.29, 0.717) is 12.5 Å². The molecule has 6 heteroatoms. The summed E-state index contributed by atoms with van der Waals surface area (Å²) in [5, 5.41) is 0. The third-order valence-corrected chi connectivity index (χ3v) is 4.74. The number of nitrogen functional groups attached to an aromatic ring is 1. The summed E-state index contributed by atoms with van der Waals surface area (Å²) >= 11 is 0. The van der Waals surface area contributed by atoms with E-state index in [1.807, 2.05) is 0 Å². The number of rotatable bonds is 9. The summed E-state index contributed by atoms with van der Waals surface area (Å²) in [6, 6.07) is 3.42. The Hall–Kier alpha value is -1.14. The molecule has 0 aliphatic rings. The van der Waals surface area contributed by atoms with Crippen LogP contribution in [-0.2, 0) is 10.0 Å². The van der Waals surface area contributed by atoms with Crippen LogP contribution in [0.4, 0.5) is 10.1 Å². The maximum atomic E-state index is 13.0. The summed E-state index contributed by atoms with van der Waals surface area (Å²) in [4.78, 5) is 0.00112. The van der Waals surface area contributed by atoms with E-state index in [0.717, 1.165) is 31.4 Å². The Morgan fingerprint density at radius 1 is 1.19 bits per heavy atom. The first-order valence-corrected chi connectivity index (χ1v) is 8.86. The first-order valence-electron chi connectivity index (χ1n) is 7.37. The van der Waals surface area contributed by atoms with E-state index in [1.54, 1.807) is 0 Å². The summed E-state index contributed by atoms with van der Waals surface area (Å²) in [5.74, 6) is 0.103. The lowest BCUT2D eigenvalue weighted by Crippen LogP contribution is -2.25. The number of sulfonamides is 1. The second-order valence-electron chi connectivity index (χ2n) is 5.68. The van der Waals surface area contributed by atoms with Gasteiger partial charge in [0.1, 0.15) is 5.82 Å². The van der Waals surface area contributed by atoms with E-state index in [9.17, 15) is 12.8 Å². The first kappa shape index (κ1) is 17.9. The SMILES string of the molecule is CC(C)CCCCCCNS(=O)(=O)c1ccc(F)c(N)c1. The van der Waals surface area contributed by atoms with Crippen molar-refractivity contribution in [1.82, 2.24) is 4.72 Å². The van der Waals surface area contributed by atoms with Gasteiger partial charge in [-0.3, -0.25) is 0 Å². The van der Waals surface area contributed by atoms with Crippen LogP contribution in [0.25, 0.3) is 0 Å². The highest BCUT2D eigenvalue weighted by atomic mass is 32.2. The van der Waals surface area contributed by atoms with E-state index < -0.39 is 15.8 Å². The molecule has 3 N–H and O–H groups in total. The van der Waals surface area contributed by atoms with Crippen molar-refractivity contribution in [3.05, 3.63) is 24.0 Å². The quantitative estimate of drug-likeness (QED) is 0.542. The zero-order valence-corrected chi connectivity index (χ0v) is 13.5. The lowest BCUT2D eigenvalue weighted by molar-refractivity contribution is 0.517. The average Bonchev–Trinajstić information content (AvgIpc) is 2.40. The van der Waals surface area contributed by atoms with Crippen LogP contribution >= 0.6 is 0 Å². The van der Waals surface area contributed by atoms with Crippen LogP contribution in [0.5, 0.6) is 0 Å². The standard InChI is InChI=1S/C15H25FN2O2S/c1-12(2)7-5-3-4-6-10-18-21(19,20)13-8-9-14(16)15(17)11-13/h8-9,11-12,18H,3-7,10,17H2,1-2H3. The Morgan fingerprint density at radius 2 is 1.86 bits per heavy atom. The third-order valence-electron chi connectivity index (χ3n) is 3.28. The zero-order chi connectivity index (χ0) is 15.9. The van der Waals surface area contributed by atoms with Gasteiger partial charge in [-0.25, -0.2) is 17.5 Å². The molecule has 0 aliphatic heterocycles. The van der Waals surface area contributed by atoms with Crippen molar-refractivity contribution in [3.63, 3.8) is 0 Å². The Labute approximate surface area is 127 Å². The normalized spacial score (nSPS) is 12.0. The van der Waals surface area contributed by atoms with Crippen molar-refractivity contribution < 1.29 is 12.8 Å². The molecule has 0 saturated heterocycles. The lowest BCUT2D eigenvalue weighted by atomic mass is 10.0. The van der Waals surface area contributed by atoms with Crippen molar-refractivity contribution in [2.75, 3.05) is 12.3 Å². The second-order valence-corrected chi connectivity index (χ2v) is 7.44. The Morgan fingerprint density at radius 3 is 2.48 bits per heavy atom. The molecule has 0 unspecified atom stereocenters. The molecule has 0 bridgehead atoms. The largest absolute Gasteiger partial charge is 0.396 e. The molecular weight excluding hydrogens is 291 g/mol. The number of benzene rings is 1. The van der Waals surface area contributed by atoms with Crippen molar-refractivity contribution in [2.45, 2.75) is 50.8 Å². The number of hydrogen-bond donors (Lipinski definition) is 2. The van der Waals surface area contributed by atoms with Crippen LogP contribution in [0, 0.1) is 11.7 Å². The van der Waals surface area contributed by atoms with Crippen LogP contribution in [0.15, 0.2) is 23.1 Å². The third kappa shape index (κ3) is 6.44. The van der Waals surface area contributed by atoms with Gasteiger partial charge in [-0.2, -0.15) is 0 Å². The maximum Gasteiger partial charge on any atom is 0.240 e. The summed E-state index contributed by atoms with van der Waals surface area (Å²) in [5.41, 5.74) is 5.22. The van der Waals surface area contributed by atoms with Gasteiger partial charge in [-0.05, 0) is 30.5 Å². The minimum absolute atomic E-state index is 0.00112. The van der Waals surface area contributed by atoms with Gasteiger partial charge in [-0.15, -0.1) is 0 Å². The average molecular weight is 316 g/mol. The summed E-state index contributed by atoms with van der Waals surface area (Å²) < 4.78 is 39.5. The highest BCUT2D eigenvalue weighted by Crippen LogP contribution is 2.16. The predicted molar refractivity (Wildman–Crippen MR) is 83.9 cm³/mol. The summed E-state index contributed by atoms with van der Waals surface area (Å²) in [6.07, 6.45) is 5.30. The molecule has 0 fully saturated rings. The van der Waals surface area contributed by atoms with Gasteiger partial charge in [0.05, 0.1) is 10.6 Å². The fraction of sp³-hybridized carbons (Fsp3) is 0.600. The molecular formula is C15H25FN2O2S. The minimum Gasteiger partial charge on any atom is -0.396 e. The van der Waals surface area contributed by atoms with Gasteiger partial charge < -0.3 is 5.73 Å². The molecule has 4 nitrogen and oxygen atoms in total. The van der Waals surface area contributed by atoms with Crippen LogP contribution in [0.1, 0.15) is 46.0 Å². The van der Waals surface area contributed by atoms with Crippen LogP contribution in [0.3, 0.4) is 0 Å². The Kier molecular flexibility index (Phi) is 7.11. The number of unbranched alkanes of at least 4 members (excludes halogenated alkanes) is 3. The topological polar surface area (TPSA) is 72.2 Å². The van der Waals surface area contributed by atoms with Gasteiger partial charge >= 0.3 is 0 Å². The summed E-state index contributed by atoms with van der Waals surface area (Å²) in [6.45, 7) is 4.78. The van der Waals surface area contributed by atoms with Gasteiger partial charge in [0.25, 0.3) is 0 Å². The van der Waals surface area contributed by atoms with Gasteiger partial charge in [0, 0.05) is 6.54 Å². The molecule has 0 radical (unpaired) electrons. The molecule has 0 aromatic heterocycles. The molecule has 0 spiro atoms. The van der Waals surface area contributed by atoms with Crippen molar-refractivity contribution >= 4 is 15.7 Å². The van der Waals surface area contributed by atoms with Crippen LogP contribution < -0.4 is 10.5 Å². The number of nitrogens with two attached hydrogens (primary N) is 1. The van der Waals surface area contributed by atoms with Gasteiger partial charge in [0.2, 0.25) is 10.0 Å². The zero-order valence-electron chi connectivity index (χ0n) is 12.7. The second kappa shape index (κ2) is 8.34. The van der Waals surface area contributed by atoms with Crippen molar-refractivity contribution in [2.24, 2.45) is 5.92 Å². The molecule has 0 heterocycles. The minimum atomic E-state index is -3.60. The Balaban J connectivity index is 2.35. The molecule has 1 aromatic rings. The summed E-state index contributed by atoms with van der Waals surface area (Å²) in [7, 11) is -3.60. The number of nitrogens with one attached hydrogen (secondary N) is 1. The van der Waals surface area contributed by atoms with Gasteiger partial charge in [-0.1, -0.05) is 39.5 Å². The fourth-order valence-corrected chi connectivity index (χ4v) is 3.12. The van der Waals surface area contributed by atoms with Crippen molar-refractivity contribution in [3.8, 4) is 0 Å². The molecule has 21 heavy (non-hydrogen) atoms. The van der Waals surface area contributed by atoms with E-state index in [-0.39, 0.29) is 10.6 Å². The maximum absolute atomic E-state index is 13.0. The number of halogens is 1. The molecule has 0 saturated carbocycles. The number of hydrogen-bond acceptors (Lipinski definition) is 3. The first-order chi connectivity index (χ1) is 9.83. The van der Waals surface area contributed by atoms with E-state index in [2.05, 4.69) is 18.6 Å². The molecule has 1 aromatic carbocycles. The van der Waals surface area contributed by atoms with E-state index in [4.69, 9.17) is 5.73 Å². The molecule has 1 rings (SSSR count). The predicted octanol–water partition coefficient (Wildman–Crippen LogP) is 3.29. The lowest BCUT2D eigenvalue weighted by Gasteiger charge is -2.08. The monoisotopic (exact) mass is 316 g/mol. The highest BCUT2D eigenvalue weighted by Gasteiger charge is 2.14. The molecule has 0 amide bonds. The van der Waals surface area contributed by atoms with E-state index in [1.165, 1.54) is 18.9 Å². The molecule has 120 valence electrons. The van der Waals surface area contributed by atoms with Crippen LogP contribution in [0.2, 0.25) is 0 Å². The highest BCUT2D eigenvalue weighted by molar-refractivity contribution is 7.89. The van der Waals surface area contributed by atoms with E-state index >= 15 is 0 Å². The Bertz CT molecular complexity index is 545. The van der Waals surface area contributed by atoms with Crippen molar-refractivity contribution in [1.29, 1.82) is 0 Å². The smallest absolute Gasteiger partial charge is 0.240 e. The van der Waals surface area contributed by atoms with Crippen LogP contribution in [-0.4, -0.2) is 15.0 Å². The molecule has 0 atom stereocenters. The molecule has 0 aliphatic carbocycles. The van der Waals surface area contributed by atoms with Gasteiger partial charge in [0.15, 0.2) is 0 Å². The fourth-order valence-electron chi connectivity index (χ4n) is 2.01. The number of anilines is 1.